The van der Waals surface area contributed by atoms with Crippen molar-refractivity contribution in [1.29, 1.82) is 0 Å². The van der Waals surface area contributed by atoms with Crippen LogP contribution in [0.1, 0.15) is 6.92 Å². The zero-order valence-electron chi connectivity index (χ0n) is 10.4. The summed E-state index contributed by atoms with van der Waals surface area (Å²) in [5.74, 6) is 0.140. The minimum absolute atomic E-state index is 0.124. The number of nitrogens with zero attached hydrogens (tertiary/aromatic N) is 2. The van der Waals surface area contributed by atoms with E-state index in [0.717, 1.165) is 26.2 Å². The average molecular weight is 265 g/mol. The van der Waals surface area contributed by atoms with Crippen molar-refractivity contribution in [1.82, 2.24) is 14.5 Å². The lowest BCUT2D eigenvalue weighted by Crippen LogP contribution is -2.46. The molecule has 1 rings (SSSR count). The number of likely N-dealkylation sites (N-methyl/N-ethyl adjacent to an activating group) is 1. The first-order chi connectivity index (χ1) is 8.10. The average Bonchev–Trinajstić information content (AvgIpc) is 2.34. The number of aliphatic hydroxyl groups excluding tert-OH is 1. The molecule has 102 valence electrons. The quantitative estimate of drug-likeness (QED) is 0.588. The van der Waals surface area contributed by atoms with Gasteiger partial charge in [0.25, 0.3) is 0 Å². The van der Waals surface area contributed by atoms with Crippen LogP contribution in [0.3, 0.4) is 0 Å². The third-order valence-corrected chi connectivity index (χ3v) is 4.90. The van der Waals surface area contributed by atoms with Crippen molar-refractivity contribution in [3.63, 3.8) is 0 Å². The van der Waals surface area contributed by atoms with Crippen LogP contribution < -0.4 is 5.32 Å². The van der Waals surface area contributed by atoms with E-state index in [0.29, 0.717) is 13.1 Å². The predicted molar refractivity (Wildman–Crippen MR) is 67.4 cm³/mol. The van der Waals surface area contributed by atoms with Crippen molar-refractivity contribution in [2.24, 2.45) is 0 Å². The van der Waals surface area contributed by atoms with Crippen molar-refractivity contribution in [3.8, 4) is 0 Å². The highest BCUT2D eigenvalue weighted by atomic mass is 32.2. The van der Waals surface area contributed by atoms with Crippen molar-refractivity contribution in [3.05, 3.63) is 0 Å². The molecule has 0 saturated carbocycles. The van der Waals surface area contributed by atoms with Gasteiger partial charge < -0.3 is 10.4 Å². The lowest BCUT2D eigenvalue weighted by atomic mass is 10.4. The van der Waals surface area contributed by atoms with Crippen LogP contribution in [0.15, 0.2) is 0 Å². The van der Waals surface area contributed by atoms with Crippen molar-refractivity contribution in [2.45, 2.75) is 6.92 Å². The molecule has 1 fully saturated rings. The van der Waals surface area contributed by atoms with E-state index >= 15 is 0 Å². The van der Waals surface area contributed by atoms with E-state index < -0.39 is 10.0 Å². The van der Waals surface area contributed by atoms with Crippen LogP contribution in [-0.4, -0.2) is 80.9 Å². The van der Waals surface area contributed by atoms with E-state index in [1.165, 1.54) is 4.31 Å². The molecule has 1 saturated heterocycles. The van der Waals surface area contributed by atoms with E-state index in [-0.39, 0.29) is 18.9 Å². The smallest absolute Gasteiger partial charge is 0.215 e. The summed E-state index contributed by atoms with van der Waals surface area (Å²) in [6, 6.07) is 0. The first-order valence-corrected chi connectivity index (χ1v) is 7.73. The Morgan fingerprint density at radius 2 is 2.00 bits per heavy atom. The third-order valence-electron chi connectivity index (χ3n) is 2.97. The van der Waals surface area contributed by atoms with Gasteiger partial charge in [-0.25, -0.2) is 8.42 Å². The van der Waals surface area contributed by atoms with Gasteiger partial charge in [0.1, 0.15) is 0 Å². The van der Waals surface area contributed by atoms with Gasteiger partial charge >= 0.3 is 0 Å². The first-order valence-electron chi connectivity index (χ1n) is 6.12. The SMILES string of the molecule is CCN(CCO)S(=O)(=O)CCN1CCNCC1. The molecule has 0 spiro atoms. The molecule has 2 N–H and O–H groups in total. The summed E-state index contributed by atoms with van der Waals surface area (Å²) in [5.41, 5.74) is 0. The first kappa shape index (κ1) is 14.8. The fourth-order valence-electron chi connectivity index (χ4n) is 1.91. The second-order valence-corrected chi connectivity index (χ2v) is 6.21. The second-order valence-electron chi connectivity index (χ2n) is 4.12. The van der Waals surface area contributed by atoms with Gasteiger partial charge in [0.05, 0.1) is 12.4 Å². The summed E-state index contributed by atoms with van der Waals surface area (Å²) in [6.07, 6.45) is 0. The van der Waals surface area contributed by atoms with Crippen LogP contribution in [0, 0.1) is 0 Å². The number of hydrogen-bond acceptors (Lipinski definition) is 5. The molecule has 17 heavy (non-hydrogen) atoms. The Balaban J connectivity index is 2.41. The van der Waals surface area contributed by atoms with E-state index in [1.54, 1.807) is 6.92 Å². The molecule has 0 aliphatic carbocycles. The molecule has 0 unspecified atom stereocenters. The summed E-state index contributed by atoms with van der Waals surface area (Å²) in [6.45, 7) is 6.52. The molecule has 0 bridgehead atoms. The maximum Gasteiger partial charge on any atom is 0.215 e. The van der Waals surface area contributed by atoms with Crippen LogP contribution in [0.5, 0.6) is 0 Å². The molecule has 0 aromatic carbocycles. The Morgan fingerprint density at radius 1 is 1.35 bits per heavy atom. The van der Waals surface area contributed by atoms with Gasteiger partial charge in [0.2, 0.25) is 10.0 Å². The summed E-state index contributed by atoms with van der Waals surface area (Å²) in [5, 5.41) is 12.1. The van der Waals surface area contributed by atoms with Gasteiger partial charge in [-0.3, -0.25) is 4.90 Å². The molecule has 0 aromatic heterocycles. The lowest BCUT2D eigenvalue weighted by Gasteiger charge is -2.28. The molecule has 0 amide bonds. The highest BCUT2D eigenvalue weighted by Crippen LogP contribution is 2.02. The molecule has 0 aromatic rings. The molecule has 1 aliphatic heterocycles. The van der Waals surface area contributed by atoms with Crippen LogP contribution in [0.4, 0.5) is 0 Å². The third kappa shape index (κ3) is 4.89. The Morgan fingerprint density at radius 3 is 2.53 bits per heavy atom. The fourth-order valence-corrected chi connectivity index (χ4v) is 3.41. The van der Waals surface area contributed by atoms with Crippen LogP contribution in [0.25, 0.3) is 0 Å². The van der Waals surface area contributed by atoms with Crippen molar-refractivity contribution in [2.75, 3.05) is 58.2 Å². The summed E-state index contributed by atoms with van der Waals surface area (Å²) in [7, 11) is -3.22. The summed E-state index contributed by atoms with van der Waals surface area (Å²) < 4.78 is 25.3. The lowest BCUT2D eigenvalue weighted by molar-refractivity contribution is 0.246. The molecule has 0 atom stereocenters. The Kier molecular flexibility index (Phi) is 6.35. The molecule has 6 nitrogen and oxygen atoms in total. The summed E-state index contributed by atoms with van der Waals surface area (Å²) in [4.78, 5) is 2.15. The normalized spacial score (nSPS) is 18.8. The number of aliphatic hydroxyl groups is 1. The number of sulfonamides is 1. The molecule has 1 heterocycles. The van der Waals surface area contributed by atoms with Gasteiger partial charge in [-0.05, 0) is 0 Å². The topological polar surface area (TPSA) is 72.9 Å². The van der Waals surface area contributed by atoms with Crippen molar-refractivity contribution < 1.29 is 13.5 Å². The zero-order valence-corrected chi connectivity index (χ0v) is 11.2. The summed E-state index contributed by atoms with van der Waals surface area (Å²) >= 11 is 0. The Bertz CT molecular complexity index is 302. The Hall–Kier alpha value is -0.210. The van der Waals surface area contributed by atoms with E-state index in [9.17, 15) is 8.42 Å². The maximum absolute atomic E-state index is 12.0. The van der Waals surface area contributed by atoms with Gasteiger partial charge in [-0.2, -0.15) is 4.31 Å². The van der Waals surface area contributed by atoms with Crippen LogP contribution >= 0.6 is 0 Å². The fraction of sp³-hybridized carbons (Fsp3) is 1.00. The second kappa shape index (κ2) is 7.27. The number of piperazine rings is 1. The predicted octanol–water partition coefficient (Wildman–Crippen LogP) is -1.46. The minimum Gasteiger partial charge on any atom is -0.395 e. The molecular weight excluding hydrogens is 242 g/mol. The van der Waals surface area contributed by atoms with Gasteiger partial charge in [-0.15, -0.1) is 0 Å². The number of hydrogen-bond donors (Lipinski definition) is 2. The van der Waals surface area contributed by atoms with Gasteiger partial charge in [0.15, 0.2) is 0 Å². The molecule has 1 aliphatic rings. The monoisotopic (exact) mass is 265 g/mol. The van der Waals surface area contributed by atoms with Crippen molar-refractivity contribution >= 4 is 10.0 Å². The van der Waals surface area contributed by atoms with Gasteiger partial charge in [-0.1, -0.05) is 6.92 Å². The number of rotatable bonds is 7. The standard InChI is InChI=1S/C10H23N3O3S/c1-2-13(7-9-14)17(15,16)10-8-12-5-3-11-4-6-12/h11,14H,2-10H2,1H3. The van der Waals surface area contributed by atoms with E-state index in [2.05, 4.69) is 10.2 Å². The molecule has 0 radical (unpaired) electrons. The van der Waals surface area contributed by atoms with E-state index in [4.69, 9.17) is 5.11 Å². The highest BCUT2D eigenvalue weighted by molar-refractivity contribution is 7.89. The minimum atomic E-state index is -3.22. The number of nitrogens with one attached hydrogen (secondary N) is 1. The highest BCUT2D eigenvalue weighted by Gasteiger charge is 2.21. The van der Waals surface area contributed by atoms with E-state index in [1.807, 2.05) is 0 Å². The molecular formula is C10H23N3O3S. The zero-order chi connectivity index (χ0) is 12.7. The maximum atomic E-state index is 12.0. The van der Waals surface area contributed by atoms with Gasteiger partial charge in [0, 0.05) is 45.8 Å². The van der Waals surface area contributed by atoms with Crippen LogP contribution in [-0.2, 0) is 10.0 Å². The van der Waals surface area contributed by atoms with Crippen LogP contribution in [0.2, 0.25) is 0 Å². The Labute approximate surface area is 104 Å². The largest absolute Gasteiger partial charge is 0.395 e. The molecule has 7 heteroatoms.